The number of hydrogen-bond acceptors (Lipinski definition) is 6. The van der Waals surface area contributed by atoms with Crippen LogP contribution in [0.1, 0.15) is 13.8 Å². The summed E-state index contributed by atoms with van der Waals surface area (Å²) >= 11 is 1.21. The SMILES string of the molecule is CO[C@@]1(SC)[C@@H](C)[C@H](C)C(C#N)(C#N)C1(C#N)C#N. The molecule has 3 atom stereocenters. The van der Waals surface area contributed by atoms with E-state index in [1.54, 1.807) is 13.2 Å². The number of rotatable bonds is 2. The van der Waals surface area contributed by atoms with Gasteiger partial charge in [-0.05, 0) is 12.2 Å². The van der Waals surface area contributed by atoms with Gasteiger partial charge in [-0.3, -0.25) is 0 Å². The van der Waals surface area contributed by atoms with Gasteiger partial charge in [-0.25, -0.2) is 0 Å². The van der Waals surface area contributed by atoms with Crippen LogP contribution in [-0.2, 0) is 4.74 Å². The van der Waals surface area contributed by atoms with Crippen LogP contribution >= 0.6 is 11.8 Å². The Kier molecular flexibility index (Phi) is 3.83. The molecule has 1 aliphatic carbocycles. The maximum Gasteiger partial charge on any atom is 0.213 e. The minimum absolute atomic E-state index is 0.286. The van der Waals surface area contributed by atoms with Gasteiger partial charge in [0.05, 0.1) is 24.3 Å². The molecule has 1 saturated carbocycles. The highest BCUT2D eigenvalue weighted by Crippen LogP contribution is 2.67. The molecule has 0 aliphatic heterocycles. The molecule has 0 aromatic heterocycles. The fourth-order valence-electron chi connectivity index (χ4n) is 3.18. The second-order valence-corrected chi connectivity index (χ2v) is 5.67. The molecule has 0 N–H and O–H groups in total. The smallest absolute Gasteiger partial charge is 0.213 e. The van der Waals surface area contributed by atoms with Crippen LogP contribution in [0.5, 0.6) is 0 Å². The Balaban J connectivity index is 3.85. The molecule has 0 amide bonds. The monoisotopic (exact) mass is 274 g/mol. The van der Waals surface area contributed by atoms with Crippen molar-refractivity contribution in [3.63, 3.8) is 0 Å². The first-order valence-electron chi connectivity index (χ1n) is 5.68. The molecule has 0 spiro atoms. The standard InChI is InChI=1S/C13H14N4OS/c1-9-10(2)13(18-3,19-4)12(7-16,8-17)11(9,5-14)6-15/h9-10H,1-4H3/t9-,10-,13+/m0/s1. The lowest BCUT2D eigenvalue weighted by Crippen LogP contribution is -2.50. The molecule has 0 heterocycles. The Morgan fingerprint density at radius 1 is 0.947 bits per heavy atom. The number of hydrogen-bond donors (Lipinski definition) is 0. The third kappa shape index (κ3) is 1.31. The van der Waals surface area contributed by atoms with E-state index < -0.39 is 21.7 Å². The first-order valence-corrected chi connectivity index (χ1v) is 6.91. The van der Waals surface area contributed by atoms with Crippen LogP contribution in [0, 0.1) is 68.0 Å². The van der Waals surface area contributed by atoms with Crippen LogP contribution in [-0.4, -0.2) is 18.3 Å². The van der Waals surface area contributed by atoms with E-state index in [1.165, 1.54) is 18.9 Å². The van der Waals surface area contributed by atoms with Gasteiger partial charge in [0, 0.05) is 13.0 Å². The second kappa shape index (κ2) is 4.75. The normalized spacial score (nSPS) is 34.5. The number of thioether (sulfide) groups is 1. The summed E-state index contributed by atoms with van der Waals surface area (Å²) in [4.78, 5) is -1.19. The van der Waals surface area contributed by atoms with Crippen LogP contribution < -0.4 is 0 Å². The minimum Gasteiger partial charge on any atom is -0.364 e. The van der Waals surface area contributed by atoms with Crippen LogP contribution in [0.2, 0.25) is 0 Å². The van der Waals surface area contributed by atoms with E-state index >= 15 is 0 Å². The molecule has 5 nitrogen and oxygen atoms in total. The summed E-state index contributed by atoms with van der Waals surface area (Å²) in [6.45, 7) is 3.53. The van der Waals surface area contributed by atoms with Crippen molar-refractivity contribution in [1.29, 1.82) is 21.0 Å². The zero-order chi connectivity index (χ0) is 14.9. The molecule has 1 rings (SSSR count). The maximum atomic E-state index is 9.58. The predicted octanol–water partition coefficient (Wildman–Crippen LogP) is 2.05. The van der Waals surface area contributed by atoms with E-state index in [-0.39, 0.29) is 5.92 Å². The van der Waals surface area contributed by atoms with Gasteiger partial charge < -0.3 is 4.74 Å². The zero-order valence-electron chi connectivity index (χ0n) is 11.3. The Labute approximate surface area is 117 Å². The van der Waals surface area contributed by atoms with E-state index in [4.69, 9.17) is 4.74 Å². The van der Waals surface area contributed by atoms with E-state index in [1.807, 2.05) is 31.2 Å². The van der Waals surface area contributed by atoms with Gasteiger partial charge >= 0.3 is 0 Å². The molecule has 0 bridgehead atoms. The highest BCUT2D eigenvalue weighted by molar-refractivity contribution is 7.99. The van der Waals surface area contributed by atoms with E-state index in [9.17, 15) is 21.0 Å². The van der Waals surface area contributed by atoms with Crippen LogP contribution in [0.15, 0.2) is 0 Å². The molecule has 0 aromatic carbocycles. The first-order chi connectivity index (χ1) is 8.93. The van der Waals surface area contributed by atoms with Crippen molar-refractivity contribution in [1.82, 2.24) is 0 Å². The Morgan fingerprint density at radius 2 is 1.42 bits per heavy atom. The number of nitriles is 4. The summed E-state index contributed by atoms with van der Waals surface area (Å²) in [5, 5.41) is 38.1. The van der Waals surface area contributed by atoms with E-state index in [0.29, 0.717) is 0 Å². The summed E-state index contributed by atoms with van der Waals surface area (Å²) in [6.07, 6.45) is 1.72. The Hall–Kier alpha value is -1.73. The average Bonchev–Trinajstić information content (AvgIpc) is 2.62. The maximum absolute atomic E-state index is 9.58. The molecule has 98 valence electrons. The van der Waals surface area contributed by atoms with Crippen molar-refractivity contribution in [3.05, 3.63) is 0 Å². The van der Waals surface area contributed by atoms with Crippen LogP contribution in [0.4, 0.5) is 0 Å². The third-order valence-electron chi connectivity index (χ3n) is 4.44. The van der Waals surface area contributed by atoms with Crippen molar-refractivity contribution in [3.8, 4) is 24.3 Å². The molecular formula is C13H14N4OS. The topological polar surface area (TPSA) is 104 Å². The fourth-order valence-corrected chi connectivity index (χ4v) is 4.48. The highest BCUT2D eigenvalue weighted by atomic mass is 32.2. The summed E-state index contributed by atoms with van der Waals surface area (Å²) in [5.74, 6) is -0.736. The fraction of sp³-hybridized carbons (Fsp3) is 0.692. The summed E-state index contributed by atoms with van der Waals surface area (Å²) in [5.41, 5.74) is -3.52. The summed E-state index contributed by atoms with van der Waals surface area (Å²) in [7, 11) is 1.41. The lowest BCUT2D eigenvalue weighted by atomic mass is 9.65. The predicted molar refractivity (Wildman–Crippen MR) is 68.9 cm³/mol. The van der Waals surface area contributed by atoms with Gasteiger partial charge in [0.2, 0.25) is 5.41 Å². The molecule has 0 unspecified atom stereocenters. The molecule has 6 heteroatoms. The zero-order valence-corrected chi connectivity index (χ0v) is 12.1. The Morgan fingerprint density at radius 3 is 1.68 bits per heavy atom. The molecule has 0 radical (unpaired) electrons. The van der Waals surface area contributed by atoms with E-state index in [0.717, 1.165) is 0 Å². The van der Waals surface area contributed by atoms with Crippen molar-refractivity contribution >= 4 is 11.8 Å². The number of nitrogens with zero attached hydrogens (tertiary/aromatic N) is 4. The number of methoxy groups -OCH3 is 1. The van der Waals surface area contributed by atoms with Gasteiger partial charge in [0.1, 0.15) is 0 Å². The van der Waals surface area contributed by atoms with Crippen LogP contribution in [0.3, 0.4) is 0 Å². The van der Waals surface area contributed by atoms with Crippen molar-refractivity contribution in [2.45, 2.75) is 18.8 Å². The summed E-state index contributed by atoms with van der Waals surface area (Å²) < 4.78 is 5.50. The highest BCUT2D eigenvalue weighted by Gasteiger charge is 2.78. The largest absolute Gasteiger partial charge is 0.364 e. The van der Waals surface area contributed by atoms with Gasteiger partial charge in [-0.15, -0.1) is 11.8 Å². The van der Waals surface area contributed by atoms with E-state index in [2.05, 4.69) is 0 Å². The van der Waals surface area contributed by atoms with Gasteiger partial charge in [0.25, 0.3) is 0 Å². The van der Waals surface area contributed by atoms with Gasteiger partial charge in [0.15, 0.2) is 10.3 Å². The van der Waals surface area contributed by atoms with Gasteiger partial charge in [-0.2, -0.15) is 21.0 Å². The quantitative estimate of drug-likeness (QED) is 0.713. The Bertz CT molecular complexity index is 513. The van der Waals surface area contributed by atoms with Crippen molar-refractivity contribution in [2.75, 3.05) is 13.4 Å². The molecule has 1 aliphatic rings. The lowest BCUT2D eigenvalue weighted by molar-refractivity contribution is -0.00654. The summed E-state index contributed by atoms with van der Waals surface area (Å²) in [6, 6.07) is 7.69. The molecule has 19 heavy (non-hydrogen) atoms. The van der Waals surface area contributed by atoms with Crippen molar-refractivity contribution < 1.29 is 4.74 Å². The lowest BCUT2D eigenvalue weighted by Gasteiger charge is -2.39. The van der Waals surface area contributed by atoms with Crippen LogP contribution in [0.25, 0.3) is 0 Å². The molecule has 0 aromatic rings. The average molecular weight is 274 g/mol. The number of ether oxygens (including phenoxy) is 1. The minimum atomic E-state index is -1.82. The second-order valence-electron chi connectivity index (χ2n) is 4.66. The molecular weight excluding hydrogens is 260 g/mol. The first kappa shape index (κ1) is 15.3. The molecule has 1 fully saturated rings. The van der Waals surface area contributed by atoms with Crippen molar-refractivity contribution in [2.24, 2.45) is 22.7 Å². The molecule has 0 saturated heterocycles. The third-order valence-corrected chi connectivity index (χ3v) is 5.89. The van der Waals surface area contributed by atoms with Gasteiger partial charge in [-0.1, -0.05) is 13.8 Å².